The maximum absolute atomic E-state index is 13.0. The Kier molecular flexibility index (Phi) is 4.57. The molecule has 2 fully saturated rings. The molecule has 0 radical (unpaired) electrons. The minimum absolute atomic E-state index is 0.0812. The van der Waals surface area contributed by atoms with Crippen molar-refractivity contribution < 1.29 is 14.3 Å². The summed E-state index contributed by atoms with van der Waals surface area (Å²) in [6.07, 6.45) is 7.62. The molecule has 1 saturated carbocycles. The third-order valence-corrected chi connectivity index (χ3v) is 5.29. The predicted octanol–water partition coefficient (Wildman–Crippen LogP) is 3.56. The van der Waals surface area contributed by atoms with Crippen LogP contribution >= 0.6 is 0 Å². The van der Waals surface area contributed by atoms with Crippen LogP contribution in [0.4, 0.5) is 0 Å². The summed E-state index contributed by atoms with van der Waals surface area (Å²) in [5.74, 6) is 1.31. The minimum Gasteiger partial charge on any atom is -0.468 e. The molecule has 2 heterocycles. The molecule has 1 saturated heterocycles. The Bertz CT molecular complexity index is 522. The van der Waals surface area contributed by atoms with E-state index in [0.29, 0.717) is 5.56 Å². The number of hydrogen-bond acceptors (Lipinski definition) is 3. The van der Waals surface area contributed by atoms with Gasteiger partial charge in [-0.15, -0.1) is 0 Å². The van der Waals surface area contributed by atoms with Crippen molar-refractivity contribution >= 4 is 5.91 Å². The highest BCUT2D eigenvalue weighted by atomic mass is 16.3. The van der Waals surface area contributed by atoms with Crippen LogP contribution < -0.4 is 0 Å². The molecule has 0 unspecified atom stereocenters. The topological polar surface area (TPSA) is 53.7 Å². The number of nitrogens with zero attached hydrogens (tertiary/aromatic N) is 1. The zero-order valence-corrected chi connectivity index (χ0v) is 13.6. The largest absolute Gasteiger partial charge is 0.468 e. The first-order chi connectivity index (χ1) is 10.6. The summed E-state index contributed by atoms with van der Waals surface area (Å²) < 4.78 is 5.51. The normalized spacial score (nSPS) is 29.3. The van der Waals surface area contributed by atoms with Crippen molar-refractivity contribution in [1.82, 2.24) is 4.90 Å². The van der Waals surface area contributed by atoms with Crippen LogP contribution in [-0.2, 0) is 0 Å². The van der Waals surface area contributed by atoms with E-state index >= 15 is 0 Å². The van der Waals surface area contributed by atoms with E-state index in [0.717, 1.165) is 44.4 Å². The number of aliphatic hydroxyl groups excluding tert-OH is 1. The van der Waals surface area contributed by atoms with E-state index in [9.17, 15) is 9.90 Å². The van der Waals surface area contributed by atoms with Gasteiger partial charge in [-0.05, 0) is 31.7 Å². The average Bonchev–Trinajstić information content (AvgIpc) is 3.16. The van der Waals surface area contributed by atoms with Gasteiger partial charge in [0.05, 0.1) is 17.9 Å². The van der Waals surface area contributed by atoms with Crippen molar-refractivity contribution in [2.75, 3.05) is 6.54 Å². The van der Waals surface area contributed by atoms with E-state index in [1.807, 2.05) is 18.7 Å². The maximum Gasteiger partial charge on any atom is 0.257 e. The summed E-state index contributed by atoms with van der Waals surface area (Å²) in [6, 6.07) is 1.99. The molecular weight excluding hydrogens is 278 g/mol. The Morgan fingerprint density at radius 3 is 2.77 bits per heavy atom. The highest BCUT2D eigenvalue weighted by Gasteiger charge is 2.40. The fourth-order valence-electron chi connectivity index (χ4n) is 4.18. The highest BCUT2D eigenvalue weighted by molar-refractivity contribution is 5.95. The lowest BCUT2D eigenvalue weighted by Gasteiger charge is -2.37. The summed E-state index contributed by atoms with van der Waals surface area (Å²) in [4.78, 5) is 15.0. The maximum atomic E-state index is 13.0. The quantitative estimate of drug-likeness (QED) is 0.929. The summed E-state index contributed by atoms with van der Waals surface area (Å²) in [6.45, 7) is 4.89. The molecule has 122 valence electrons. The van der Waals surface area contributed by atoms with E-state index < -0.39 is 0 Å². The third kappa shape index (κ3) is 2.81. The van der Waals surface area contributed by atoms with Crippen LogP contribution in [-0.4, -0.2) is 34.6 Å². The zero-order chi connectivity index (χ0) is 15.7. The number of carbonyl (C=O) groups is 1. The van der Waals surface area contributed by atoms with Crippen LogP contribution in [0.25, 0.3) is 0 Å². The van der Waals surface area contributed by atoms with Gasteiger partial charge in [0.1, 0.15) is 5.76 Å². The van der Waals surface area contributed by atoms with E-state index in [1.54, 1.807) is 12.3 Å². The van der Waals surface area contributed by atoms with Gasteiger partial charge < -0.3 is 14.4 Å². The first-order valence-corrected chi connectivity index (χ1v) is 8.66. The van der Waals surface area contributed by atoms with Gasteiger partial charge in [-0.2, -0.15) is 0 Å². The van der Waals surface area contributed by atoms with Crippen LogP contribution in [0.15, 0.2) is 16.7 Å². The Labute approximate surface area is 132 Å². The second-order valence-corrected chi connectivity index (χ2v) is 7.08. The molecule has 1 aromatic heterocycles. The number of aliphatic hydroxyl groups is 1. The fourth-order valence-corrected chi connectivity index (χ4v) is 4.18. The Morgan fingerprint density at radius 1 is 1.27 bits per heavy atom. The van der Waals surface area contributed by atoms with Gasteiger partial charge in [-0.3, -0.25) is 4.79 Å². The molecule has 1 amide bonds. The Balaban J connectivity index is 1.80. The minimum atomic E-state index is -0.249. The molecule has 22 heavy (non-hydrogen) atoms. The second kappa shape index (κ2) is 6.45. The van der Waals surface area contributed by atoms with Gasteiger partial charge in [-0.25, -0.2) is 0 Å². The number of amides is 1. The molecule has 4 heteroatoms. The van der Waals surface area contributed by atoms with Crippen LogP contribution in [0, 0.1) is 5.92 Å². The summed E-state index contributed by atoms with van der Waals surface area (Å²) in [5.41, 5.74) is 0.701. The van der Waals surface area contributed by atoms with Gasteiger partial charge in [-0.1, -0.05) is 26.7 Å². The third-order valence-electron chi connectivity index (χ3n) is 5.29. The number of carbonyl (C=O) groups excluding carboxylic acids is 1. The van der Waals surface area contributed by atoms with Crippen molar-refractivity contribution in [3.05, 3.63) is 23.7 Å². The van der Waals surface area contributed by atoms with E-state index in [2.05, 4.69) is 0 Å². The molecule has 1 aromatic rings. The average molecular weight is 305 g/mol. The van der Waals surface area contributed by atoms with Gasteiger partial charge in [0, 0.05) is 24.4 Å². The molecule has 0 spiro atoms. The predicted molar refractivity (Wildman–Crippen MR) is 84.8 cm³/mol. The van der Waals surface area contributed by atoms with Crippen molar-refractivity contribution in [2.24, 2.45) is 5.92 Å². The number of furan rings is 1. The number of rotatable bonds is 3. The van der Waals surface area contributed by atoms with Gasteiger partial charge in [0.25, 0.3) is 5.91 Å². The number of hydrogen-bond donors (Lipinski definition) is 1. The first kappa shape index (κ1) is 15.6. The van der Waals surface area contributed by atoms with E-state index in [-0.39, 0.29) is 29.9 Å². The highest BCUT2D eigenvalue weighted by Crippen LogP contribution is 2.36. The molecule has 1 aliphatic heterocycles. The molecule has 0 bridgehead atoms. The van der Waals surface area contributed by atoms with E-state index in [4.69, 9.17) is 4.42 Å². The molecule has 2 aliphatic rings. The van der Waals surface area contributed by atoms with Crippen LogP contribution in [0.5, 0.6) is 0 Å². The van der Waals surface area contributed by atoms with E-state index in [1.165, 1.54) is 6.42 Å². The van der Waals surface area contributed by atoms with Crippen molar-refractivity contribution in [3.63, 3.8) is 0 Å². The lowest BCUT2D eigenvalue weighted by atomic mass is 9.80. The monoisotopic (exact) mass is 305 g/mol. The van der Waals surface area contributed by atoms with Crippen molar-refractivity contribution in [2.45, 2.75) is 70.4 Å². The van der Waals surface area contributed by atoms with Crippen LogP contribution in [0.1, 0.15) is 74.4 Å². The van der Waals surface area contributed by atoms with Crippen molar-refractivity contribution in [1.29, 1.82) is 0 Å². The lowest BCUT2D eigenvalue weighted by molar-refractivity contribution is 0.0210. The van der Waals surface area contributed by atoms with Gasteiger partial charge in [0.15, 0.2) is 0 Å². The SMILES string of the molecule is CC(C)c1occc1C(=O)N1CCC[C@@H]1[C@H]1CCCC[C@@H]1O. The molecule has 3 rings (SSSR count). The second-order valence-electron chi connectivity index (χ2n) is 7.08. The summed E-state index contributed by atoms with van der Waals surface area (Å²) >= 11 is 0. The molecule has 0 aromatic carbocycles. The van der Waals surface area contributed by atoms with Crippen LogP contribution in [0.3, 0.4) is 0 Å². The first-order valence-electron chi connectivity index (χ1n) is 8.66. The van der Waals surface area contributed by atoms with Crippen molar-refractivity contribution in [3.8, 4) is 0 Å². The lowest BCUT2D eigenvalue weighted by Crippen LogP contribution is -2.45. The number of likely N-dealkylation sites (tertiary alicyclic amines) is 1. The zero-order valence-electron chi connectivity index (χ0n) is 13.6. The fraction of sp³-hybridized carbons (Fsp3) is 0.722. The Morgan fingerprint density at radius 2 is 2.05 bits per heavy atom. The van der Waals surface area contributed by atoms with Gasteiger partial charge >= 0.3 is 0 Å². The smallest absolute Gasteiger partial charge is 0.257 e. The standard InChI is InChI=1S/C18H27NO3/c1-12(2)17-14(9-11-22-17)18(21)19-10-5-7-15(19)13-6-3-4-8-16(13)20/h9,11-13,15-16,20H,3-8,10H2,1-2H3/t13-,15-,16+/m1/s1. The van der Waals surface area contributed by atoms with Crippen LogP contribution in [0.2, 0.25) is 0 Å². The van der Waals surface area contributed by atoms with Gasteiger partial charge in [0.2, 0.25) is 0 Å². The molecule has 1 N–H and O–H groups in total. The summed E-state index contributed by atoms with van der Waals surface area (Å²) in [7, 11) is 0. The Hall–Kier alpha value is -1.29. The summed E-state index contributed by atoms with van der Waals surface area (Å²) in [5, 5.41) is 10.3. The molecule has 1 aliphatic carbocycles. The molecule has 3 atom stereocenters. The molecule has 4 nitrogen and oxygen atoms in total. The molecular formula is C18H27NO3.